The molecule has 1 aromatic heterocycles. The first-order chi connectivity index (χ1) is 7.63. The molecule has 0 aliphatic carbocycles. The van der Waals surface area contributed by atoms with Gasteiger partial charge in [-0.05, 0) is 21.0 Å². The van der Waals surface area contributed by atoms with Gasteiger partial charge in [-0.1, -0.05) is 5.16 Å². The van der Waals surface area contributed by atoms with Crippen LogP contribution in [0.5, 0.6) is 0 Å². The molecule has 1 unspecified atom stereocenters. The van der Waals surface area contributed by atoms with Gasteiger partial charge in [-0.2, -0.15) is 4.98 Å². The van der Waals surface area contributed by atoms with Gasteiger partial charge >= 0.3 is 0 Å². The lowest BCUT2D eigenvalue weighted by molar-refractivity contribution is 0.144. The van der Waals surface area contributed by atoms with Crippen LogP contribution in [-0.4, -0.2) is 48.9 Å². The fraction of sp³-hybridized carbons (Fsp3) is 0.800. The molecule has 16 heavy (non-hydrogen) atoms. The number of aromatic nitrogens is 2. The summed E-state index contributed by atoms with van der Waals surface area (Å²) < 4.78 is 10.3. The Hall–Kier alpha value is -0.980. The average Bonchev–Trinajstić information content (AvgIpc) is 2.66. The van der Waals surface area contributed by atoms with Crippen molar-refractivity contribution in [3.63, 3.8) is 0 Å². The van der Waals surface area contributed by atoms with E-state index >= 15 is 0 Å². The Kier molecular flexibility index (Phi) is 5.37. The molecule has 0 aliphatic rings. The topological polar surface area (TPSA) is 77.4 Å². The van der Waals surface area contributed by atoms with Gasteiger partial charge in [0.25, 0.3) is 0 Å². The Labute approximate surface area is 95.7 Å². The summed E-state index contributed by atoms with van der Waals surface area (Å²) in [7, 11) is 3.91. The van der Waals surface area contributed by atoms with E-state index in [1.807, 2.05) is 25.9 Å². The third kappa shape index (κ3) is 4.26. The molecule has 0 aromatic carbocycles. The summed E-state index contributed by atoms with van der Waals surface area (Å²) in [4.78, 5) is 6.21. The summed E-state index contributed by atoms with van der Waals surface area (Å²) in [6.45, 7) is 3.94. The average molecular weight is 228 g/mol. The van der Waals surface area contributed by atoms with Crippen LogP contribution in [0.25, 0.3) is 0 Å². The normalized spacial score (nSPS) is 13.3. The number of hydrogen-bond donors (Lipinski definition) is 1. The molecule has 6 heteroatoms. The molecule has 0 saturated heterocycles. The maximum atomic E-state index is 5.91. The van der Waals surface area contributed by atoms with Crippen LogP contribution >= 0.6 is 0 Å². The summed E-state index contributed by atoms with van der Waals surface area (Å²) in [5.74, 6) is 1.14. The van der Waals surface area contributed by atoms with E-state index in [-0.39, 0.29) is 6.04 Å². The van der Waals surface area contributed by atoms with Crippen molar-refractivity contribution in [3.8, 4) is 0 Å². The molecule has 0 radical (unpaired) electrons. The van der Waals surface area contributed by atoms with Crippen molar-refractivity contribution in [3.05, 3.63) is 11.7 Å². The van der Waals surface area contributed by atoms with Crippen molar-refractivity contribution in [1.29, 1.82) is 0 Å². The third-order valence-corrected chi connectivity index (χ3v) is 2.04. The standard InChI is InChI=1S/C10H20N4O2/c1-4-15-6-5-9-12-10(13-16-9)8(11)7-14(2)3/h8H,4-7,11H2,1-3H3. The van der Waals surface area contributed by atoms with Gasteiger partial charge in [-0.3, -0.25) is 0 Å². The number of likely N-dealkylation sites (N-methyl/N-ethyl adjacent to an activating group) is 1. The zero-order valence-electron chi connectivity index (χ0n) is 10.1. The molecule has 0 aliphatic heterocycles. The monoisotopic (exact) mass is 228 g/mol. The van der Waals surface area contributed by atoms with Crippen LogP contribution in [0.15, 0.2) is 4.52 Å². The number of ether oxygens (including phenoxy) is 1. The highest BCUT2D eigenvalue weighted by molar-refractivity contribution is 4.93. The van der Waals surface area contributed by atoms with Crippen LogP contribution in [0, 0.1) is 0 Å². The maximum Gasteiger partial charge on any atom is 0.229 e. The highest BCUT2D eigenvalue weighted by Gasteiger charge is 2.14. The minimum absolute atomic E-state index is 0.209. The minimum atomic E-state index is -0.209. The molecule has 6 nitrogen and oxygen atoms in total. The van der Waals surface area contributed by atoms with Crippen LogP contribution in [0.1, 0.15) is 24.7 Å². The number of rotatable bonds is 7. The van der Waals surface area contributed by atoms with Crippen LogP contribution < -0.4 is 5.73 Å². The Morgan fingerprint density at radius 1 is 1.50 bits per heavy atom. The minimum Gasteiger partial charge on any atom is -0.381 e. The predicted octanol–water partition coefficient (Wildman–Crippen LogP) is 0.210. The summed E-state index contributed by atoms with van der Waals surface area (Å²) in [6.07, 6.45) is 0.634. The number of nitrogens with two attached hydrogens (primary N) is 1. The summed E-state index contributed by atoms with van der Waals surface area (Å²) in [5, 5.41) is 3.85. The van der Waals surface area contributed by atoms with Gasteiger partial charge in [0, 0.05) is 13.2 Å². The van der Waals surface area contributed by atoms with Crippen molar-refractivity contribution in [2.24, 2.45) is 5.73 Å². The first-order valence-electron chi connectivity index (χ1n) is 5.44. The zero-order valence-corrected chi connectivity index (χ0v) is 10.1. The van der Waals surface area contributed by atoms with Crippen molar-refractivity contribution < 1.29 is 9.26 Å². The van der Waals surface area contributed by atoms with Gasteiger partial charge in [-0.15, -0.1) is 0 Å². The lowest BCUT2D eigenvalue weighted by atomic mass is 10.3. The highest BCUT2D eigenvalue weighted by Crippen LogP contribution is 2.07. The molecule has 1 heterocycles. The number of nitrogens with zero attached hydrogens (tertiary/aromatic N) is 3. The second kappa shape index (κ2) is 6.57. The van der Waals surface area contributed by atoms with E-state index in [1.165, 1.54) is 0 Å². The van der Waals surface area contributed by atoms with E-state index in [4.69, 9.17) is 15.0 Å². The maximum absolute atomic E-state index is 5.91. The molecule has 0 saturated carbocycles. The largest absolute Gasteiger partial charge is 0.381 e. The van der Waals surface area contributed by atoms with Gasteiger partial charge in [0.1, 0.15) is 0 Å². The van der Waals surface area contributed by atoms with E-state index < -0.39 is 0 Å². The third-order valence-electron chi connectivity index (χ3n) is 2.04. The van der Waals surface area contributed by atoms with E-state index in [2.05, 4.69) is 10.1 Å². The smallest absolute Gasteiger partial charge is 0.229 e. The molecular weight excluding hydrogens is 208 g/mol. The molecular formula is C10H20N4O2. The molecule has 1 aromatic rings. The SMILES string of the molecule is CCOCCc1nc(C(N)CN(C)C)no1. The van der Waals surface area contributed by atoms with Crippen LogP contribution in [0.2, 0.25) is 0 Å². The molecule has 0 bridgehead atoms. The van der Waals surface area contributed by atoms with Gasteiger partial charge in [0.15, 0.2) is 5.82 Å². The van der Waals surface area contributed by atoms with Crippen molar-refractivity contribution in [1.82, 2.24) is 15.0 Å². The first kappa shape index (κ1) is 13.1. The van der Waals surface area contributed by atoms with Gasteiger partial charge in [-0.25, -0.2) is 0 Å². The van der Waals surface area contributed by atoms with Crippen molar-refractivity contribution in [2.75, 3.05) is 33.9 Å². The van der Waals surface area contributed by atoms with E-state index in [0.29, 0.717) is 37.9 Å². The second-order valence-corrected chi connectivity index (χ2v) is 3.86. The first-order valence-corrected chi connectivity index (χ1v) is 5.44. The molecule has 0 amide bonds. The van der Waals surface area contributed by atoms with E-state index in [9.17, 15) is 0 Å². The summed E-state index contributed by atoms with van der Waals surface area (Å²) >= 11 is 0. The summed E-state index contributed by atoms with van der Waals surface area (Å²) in [5.41, 5.74) is 5.91. The Morgan fingerprint density at radius 3 is 2.88 bits per heavy atom. The highest BCUT2D eigenvalue weighted by atomic mass is 16.5. The van der Waals surface area contributed by atoms with Gasteiger partial charge in [0.2, 0.25) is 5.89 Å². The van der Waals surface area contributed by atoms with E-state index in [0.717, 1.165) is 0 Å². The van der Waals surface area contributed by atoms with Crippen LogP contribution in [0.4, 0.5) is 0 Å². The van der Waals surface area contributed by atoms with Gasteiger partial charge < -0.3 is 19.9 Å². The van der Waals surface area contributed by atoms with Crippen molar-refractivity contribution in [2.45, 2.75) is 19.4 Å². The zero-order chi connectivity index (χ0) is 12.0. The molecule has 0 spiro atoms. The molecule has 1 atom stereocenters. The molecule has 92 valence electrons. The quantitative estimate of drug-likeness (QED) is 0.672. The second-order valence-electron chi connectivity index (χ2n) is 3.86. The summed E-state index contributed by atoms with van der Waals surface area (Å²) in [6, 6.07) is -0.209. The number of hydrogen-bond acceptors (Lipinski definition) is 6. The van der Waals surface area contributed by atoms with Crippen LogP contribution in [0.3, 0.4) is 0 Å². The Bertz CT molecular complexity index is 301. The fourth-order valence-electron chi connectivity index (χ4n) is 1.30. The van der Waals surface area contributed by atoms with Crippen LogP contribution in [-0.2, 0) is 11.2 Å². The predicted molar refractivity (Wildman–Crippen MR) is 60.0 cm³/mol. The van der Waals surface area contributed by atoms with E-state index in [1.54, 1.807) is 0 Å². The lowest BCUT2D eigenvalue weighted by Crippen LogP contribution is -2.26. The molecule has 0 fully saturated rings. The molecule has 1 rings (SSSR count). The Morgan fingerprint density at radius 2 is 2.25 bits per heavy atom. The van der Waals surface area contributed by atoms with Crippen molar-refractivity contribution >= 4 is 0 Å². The fourth-order valence-corrected chi connectivity index (χ4v) is 1.30. The Balaban J connectivity index is 2.44. The lowest BCUT2D eigenvalue weighted by Gasteiger charge is -2.12. The van der Waals surface area contributed by atoms with Gasteiger partial charge in [0.05, 0.1) is 19.1 Å². The molecule has 2 N–H and O–H groups in total.